The maximum atomic E-state index is 13.5. The molecule has 3 aromatic rings. The van der Waals surface area contributed by atoms with Gasteiger partial charge in [0.1, 0.15) is 29.7 Å². The lowest BCUT2D eigenvalue weighted by atomic mass is 9.96. The van der Waals surface area contributed by atoms with E-state index in [-0.39, 0.29) is 12.5 Å². The number of carbonyl (C=O) groups is 1. The Kier molecular flexibility index (Phi) is 5.70. The highest BCUT2D eigenvalue weighted by molar-refractivity contribution is 5.95. The summed E-state index contributed by atoms with van der Waals surface area (Å²) in [6.45, 7) is 2.51. The van der Waals surface area contributed by atoms with Crippen molar-refractivity contribution < 1.29 is 18.3 Å². The Bertz CT molecular complexity index is 1150. The number of anilines is 1. The molecule has 0 saturated carbocycles. The number of fused-ring (bicyclic) bond motifs is 1. The summed E-state index contributed by atoms with van der Waals surface area (Å²) in [5.74, 6) is -0.952. The van der Waals surface area contributed by atoms with E-state index in [1.165, 1.54) is 12.1 Å². The van der Waals surface area contributed by atoms with Crippen molar-refractivity contribution in [2.75, 3.05) is 25.1 Å². The number of nitrogens with one attached hydrogen (secondary N) is 3. The van der Waals surface area contributed by atoms with Gasteiger partial charge in [-0.05, 0) is 67.5 Å². The first-order valence-corrected chi connectivity index (χ1v) is 10.9. The summed E-state index contributed by atoms with van der Waals surface area (Å²) in [5.41, 5.74) is 8.20. The van der Waals surface area contributed by atoms with Gasteiger partial charge >= 0.3 is 0 Å². The van der Waals surface area contributed by atoms with Crippen LogP contribution in [0.4, 0.5) is 14.5 Å². The van der Waals surface area contributed by atoms with Crippen molar-refractivity contribution in [3.8, 4) is 5.75 Å². The van der Waals surface area contributed by atoms with Crippen molar-refractivity contribution in [1.82, 2.24) is 15.6 Å². The second-order valence-corrected chi connectivity index (χ2v) is 8.38. The monoisotopic (exact) mass is 450 g/mol. The predicted molar refractivity (Wildman–Crippen MR) is 121 cm³/mol. The fourth-order valence-electron chi connectivity index (χ4n) is 4.17. The summed E-state index contributed by atoms with van der Waals surface area (Å²) in [7, 11) is 0. The molecule has 1 fully saturated rings. The zero-order valence-corrected chi connectivity index (χ0v) is 17.9. The number of likely N-dealkylation sites (tertiary alicyclic amines) is 1. The van der Waals surface area contributed by atoms with E-state index < -0.39 is 17.3 Å². The van der Waals surface area contributed by atoms with Crippen LogP contribution >= 0.6 is 0 Å². The van der Waals surface area contributed by atoms with Gasteiger partial charge in [0.15, 0.2) is 0 Å². The van der Waals surface area contributed by atoms with Crippen LogP contribution in [-0.4, -0.2) is 30.4 Å². The molecular formula is C25H24F2N4O2. The van der Waals surface area contributed by atoms with E-state index in [0.29, 0.717) is 23.4 Å². The fraction of sp³-hybridized carbons (Fsp3) is 0.240. The van der Waals surface area contributed by atoms with Crippen molar-refractivity contribution in [3.05, 3.63) is 95.1 Å². The van der Waals surface area contributed by atoms with Crippen LogP contribution in [0.1, 0.15) is 27.9 Å². The average Bonchev–Trinajstić information content (AvgIpc) is 3.12. The molecule has 33 heavy (non-hydrogen) atoms. The number of rotatable bonds is 7. The molecule has 0 bridgehead atoms. The van der Waals surface area contributed by atoms with Crippen LogP contribution in [0.3, 0.4) is 0 Å². The molecule has 3 N–H and O–H groups in total. The van der Waals surface area contributed by atoms with Crippen molar-refractivity contribution >= 4 is 11.6 Å². The van der Waals surface area contributed by atoms with Gasteiger partial charge in [-0.3, -0.25) is 9.69 Å². The minimum absolute atomic E-state index is 0.0177. The summed E-state index contributed by atoms with van der Waals surface area (Å²) in [6, 6.07) is 17.9. The quantitative estimate of drug-likeness (QED) is 0.512. The van der Waals surface area contributed by atoms with E-state index in [4.69, 9.17) is 4.74 Å². The van der Waals surface area contributed by atoms with E-state index >= 15 is 0 Å². The van der Waals surface area contributed by atoms with E-state index in [1.807, 2.05) is 30.3 Å². The second-order valence-electron chi connectivity index (χ2n) is 8.38. The fourth-order valence-corrected chi connectivity index (χ4v) is 4.17. The van der Waals surface area contributed by atoms with E-state index in [1.54, 1.807) is 18.2 Å². The van der Waals surface area contributed by atoms with Gasteiger partial charge in [-0.1, -0.05) is 18.2 Å². The molecule has 6 nitrogen and oxygen atoms in total. The molecule has 8 heteroatoms. The smallest absolute Gasteiger partial charge is 0.253 e. The number of halogens is 2. The SMILES string of the molecule is O=C(NC1(CN2CCC2)NNc2ccc(OCc3cc(F)cc(F)c3)cc21)c1ccccc1. The van der Waals surface area contributed by atoms with Gasteiger partial charge in [0.25, 0.3) is 5.91 Å². The topological polar surface area (TPSA) is 65.6 Å². The lowest BCUT2D eigenvalue weighted by molar-refractivity contribution is 0.0758. The van der Waals surface area contributed by atoms with Gasteiger partial charge in [0, 0.05) is 23.7 Å². The molecular weight excluding hydrogens is 426 g/mol. The molecule has 170 valence electrons. The Morgan fingerprint density at radius 3 is 2.48 bits per heavy atom. The molecule has 5 rings (SSSR count). The third kappa shape index (κ3) is 4.53. The number of amides is 1. The highest BCUT2D eigenvalue weighted by atomic mass is 19.1. The molecule has 1 amide bonds. The van der Waals surface area contributed by atoms with Crippen LogP contribution in [0.25, 0.3) is 0 Å². The zero-order valence-electron chi connectivity index (χ0n) is 17.9. The number of hydrogen-bond acceptors (Lipinski definition) is 5. The number of nitrogens with zero attached hydrogens (tertiary/aromatic N) is 1. The molecule has 0 aromatic heterocycles. The molecule has 0 radical (unpaired) electrons. The Morgan fingerprint density at radius 2 is 1.79 bits per heavy atom. The molecule has 1 saturated heterocycles. The van der Waals surface area contributed by atoms with Gasteiger partial charge in [-0.2, -0.15) is 0 Å². The summed E-state index contributed by atoms with van der Waals surface area (Å²) < 4.78 is 32.8. The summed E-state index contributed by atoms with van der Waals surface area (Å²) in [6.07, 6.45) is 1.12. The summed E-state index contributed by atoms with van der Waals surface area (Å²) >= 11 is 0. The summed E-state index contributed by atoms with van der Waals surface area (Å²) in [4.78, 5) is 15.3. The Morgan fingerprint density at radius 1 is 1.03 bits per heavy atom. The van der Waals surface area contributed by atoms with Gasteiger partial charge in [0.2, 0.25) is 0 Å². The zero-order chi connectivity index (χ0) is 22.8. The maximum absolute atomic E-state index is 13.5. The van der Waals surface area contributed by atoms with E-state index in [2.05, 4.69) is 21.1 Å². The largest absolute Gasteiger partial charge is 0.489 e. The Balaban J connectivity index is 1.41. The minimum Gasteiger partial charge on any atom is -0.489 e. The van der Waals surface area contributed by atoms with Crippen molar-refractivity contribution in [2.24, 2.45) is 0 Å². The number of carbonyl (C=O) groups excluding carboxylic acids is 1. The highest BCUT2D eigenvalue weighted by Gasteiger charge is 2.43. The third-order valence-corrected chi connectivity index (χ3v) is 5.96. The van der Waals surface area contributed by atoms with Crippen molar-refractivity contribution in [3.63, 3.8) is 0 Å². The number of ether oxygens (including phenoxy) is 1. The van der Waals surface area contributed by atoms with Crippen LogP contribution in [0.2, 0.25) is 0 Å². The predicted octanol–water partition coefficient (Wildman–Crippen LogP) is 3.76. The standard InChI is InChI=1S/C25H24F2N4O2/c26-19-11-17(12-20(27)13-19)15-33-21-7-8-23-22(14-21)25(30-29-23,16-31-9-4-10-31)28-24(32)18-5-2-1-3-6-18/h1-3,5-8,11-14,29-30H,4,9-10,15-16H2,(H,28,32). The van der Waals surface area contributed by atoms with Crippen LogP contribution < -0.4 is 20.9 Å². The van der Waals surface area contributed by atoms with Crippen molar-refractivity contribution in [1.29, 1.82) is 0 Å². The second kappa shape index (κ2) is 8.80. The van der Waals surface area contributed by atoms with Crippen LogP contribution in [0.5, 0.6) is 5.75 Å². The molecule has 1 unspecified atom stereocenters. The van der Waals surface area contributed by atoms with Gasteiger partial charge < -0.3 is 15.5 Å². The minimum atomic E-state index is -0.868. The molecule has 2 aliphatic rings. The van der Waals surface area contributed by atoms with Crippen LogP contribution in [0.15, 0.2) is 66.7 Å². The first-order chi connectivity index (χ1) is 16.0. The van der Waals surface area contributed by atoms with Gasteiger partial charge in [-0.25, -0.2) is 14.2 Å². The Labute approximate surface area is 190 Å². The normalized spacial score (nSPS) is 19.3. The maximum Gasteiger partial charge on any atom is 0.253 e. The Hall–Kier alpha value is -3.49. The van der Waals surface area contributed by atoms with Gasteiger partial charge in [-0.15, -0.1) is 0 Å². The summed E-state index contributed by atoms with van der Waals surface area (Å²) in [5, 5.41) is 3.17. The number of hydrogen-bond donors (Lipinski definition) is 3. The molecule has 3 aromatic carbocycles. The highest BCUT2D eigenvalue weighted by Crippen LogP contribution is 2.36. The number of hydrazine groups is 1. The van der Waals surface area contributed by atoms with E-state index in [9.17, 15) is 13.6 Å². The first kappa shape index (κ1) is 21.4. The van der Waals surface area contributed by atoms with Crippen LogP contribution in [0, 0.1) is 11.6 Å². The van der Waals surface area contributed by atoms with Crippen molar-refractivity contribution in [2.45, 2.75) is 18.7 Å². The molecule has 2 heterocycles. The lowest BCUT2D eigenvalue weighted by Crippen LogP contribution is -2.61. The first-order valence-electron chi connectivity index (χ1n) is 10.9. The average molecular weight is 450 g/mol. The molecule has 0 spiro atoms. The number of benzene rings is 3. The molecule has 0 aliphatic carbocycles. The van der Waals surface area contributed by atoms with Gasteiger partial charge in [0.05, 0.1) is 5.69 Å². The lowest BCUT2D eigenvalue weighted by Gasteiger charge is -2.40. The molecule has 2 aliphatic heterocycles. The molecule has 1 atom stereocenters. The van der Waals surface area contributed by atoms with E-state index in [0.717, 1.165) is 36.8 Å². The van der Waals surface area contributed by atoms with Crippen LogP contribution in [-0.2, 0) is 12.3 Å². The third-order valence-electron chi connectivity index (χ3n) is 5.96.